The van der Waals surface area contributed by atoms with E-state index in [9.17, 15) is 4.79 Å². The molecule has 20 heavy (non-hydrogen) atoms. The van der Waals surface area contributed by atoms with E-state index in [0.717, 1.165) is 19.3 Å². The van der Waals surface area contributed by atoms with E-state index in [0.29, 0.717) is 12.5 Å². The lowest BCUT2D eigenvalue weighted by Gasteiger charge is -2.42. The van der Waals surface area contributed by atoms with Crippen molar-refractivity contribution in [2.45, 2.75) is 78.1 Å². The van der Waals surface area contributed by atoms with Gasteiger partial charge in [0.25, 0.3) is 0 Å². The Hall–Kier alpha value is -0.353. The summed E-state index contributed by atoms with van der Waals surface area (Å²) in [6, 6.07) is 0. The van der Waals surface area contributed by atoms with Crippen LogP contribution < -0.4 is 0 Å². The Morgan fingerprint density at radius 1 is 1.25 bits per heavy atom. The smallest absolute Gasteiger partial charge is 0.309 e. The molecule has 0 unspecified atom stereocenters. The van der Waals surface area contributed by atoms with Crippen molar-refractivity contribution >= 4 is 14.3 Å². The molecule has 0 aromatic rings. The molecule has 1 saturated carbocycles. The van der Waals surface area contributed by atoms with Gasteiger partial charge in [-0.05, 0) is 50.2 Å². The Labute approximate surface area is 125 Å². The van der Waals surface area contributed by atoms with Gasteiger partial charge >= 0.3 is 5.97 Å². The molecule has 0 heterocycles. The van der Waals surface area contributed by atoms with E-state index in [1.54, 1.807) is 0 Å². The van der Waals surface area contributed by atoms with E-state index in [1.165, 1.54) is 0 Å². The molecule has 0 bridgehead atoms. The molecule has 0 aromatic carbocycles. The van der Waals surface area contributed by atoms with Gasteiger partial charge in [0.1, 0.15) is 0 Å². The molecule has 0 aromatic heterocycles. The van der Waals surface area contributed by atoms with E-state index in [2.05, 4.69) is 40.8 Å². The molecule has 0 N–H and O–H groups in total. The van der Waals surface area contributed by atoms with Crippen LogP contribution in [0.5, 0.6) is 0 Å². The summed E-state index contributed by atoms with van der Waals surface area (Å²) in [5.74, 6) is 0.385. The van der Waals surface area contributed by atoms with Crippen LogP contribution in [0.3, 0.4) is 0 Å². The Balaban J connectivity index is 2.68. The molecule has 1 aliphatic rings. The van der Waals surface area contributed by atoms with Crippen LogP contribution in [-0.4, -0.2) is 27.0 Å². The van der Waals surface area contributed by atoms with Crippen LogP contribution in [0.4, 0.5) is 0 Å². The summed E-state index contributed by atoms with van der Waals surface area (Å²) < 4.78 is 11.7. The van der Waals surface area contributed by atoms with E-state index < -0.39 is 8.32 Å². The first-order valence-corrected chi connectivity index (χ1v) is 10.8. The molecule has 1 aliphatic carbocycles. The zero-order valence-corrected chi connectivity index (χ0v) is 15.3. The Morgan fingerprint density at radius 3 is 2.35 bits per heavy atom. The lowest BCUT2D eigenvalue weighted by Crippen LogP contribution is -2.46. The molecular weight excluding hydrogens is 268 g/mol. The van der Waals surface area contributed by atoms with Gasteiger partial charge in [0.2, 0.25) is 0 Å². The van der Waals surface area contributed by atoms with Gasteiger partial charge in [-0.3, -0.25) is 4.79 Å². The molecular formula is C16H32O3Si. The zero-order chi connectivity index (χ0) is 15.6. The summed E-state index contributed by atoms with van der Waals surface area (Å²) in [4.78, 5) is 12.1. The second-order valence-corrected chi connectivity index (χ2v) is 12.4. The lowest BCUT2D eigenvalue weighted by molar-refractivity contribution is -0.152. The van der Waals surface area contributed by atoms with Crippen molar-refractivity contribution in [1.29, 1.82) is 0 Å². The summed E-state index contributed by atoms with van der Waals surface area (Å²) in [7, 11) is -1.75. The van der Waals surface area contributed by atoms with Crippen molar-refractivity contribution in [3.63, 3.8) is 0 Å². The van der Waals surface area contributed by atoms with Gasteiger partial charge in [0, 0.05) is 6.10 Å². The Morgan fingerprint density at radius 2 is 1.85 bits per heavy atom. The topological polar surface area (TPSA) is 35.5 Å². The summed E-state index contributed by atoms with van der Waals surface area (Å²) in [5.41, 5.74) is 0. The maximum Gasteiger partial charge on any atom is 0.309 e. The standard InChI is InChI=1S/C16H32O3Si/c1-8-18-15(17)14-11-13(10-9-12(14)2)19-20(6,7)16(3,4)5/h12-14H,8-11H2,1-7H3/t12-,13+,14-/m0/s1. The lowest BCUT2D eigenvalue weighted by atomic mass is 9.79. The predicted molar refractivity (Wildman–Crippen MR) is 85.2 cm³/mol. The minimum absolute atomic E-state index is 0.0125. The predicted octanol–water partition coefficient (Wildman–Crippen LogP) is 4.38. The number of carbonyl (C=O) groups is 1. The number of ether oxygens (including phenoxy) is 1. The van der Waals surface area contributed by atoms with Crippen LogP contribution in [-0.2, 0) is 14.0 Å². The van der Waals surface area contributed by atoms with Gasteiger partial charge in [-0.1, -0.05) is 27.7 Å². The quantitative estimate of drug-likeness (QED) is 0.571. The van der Waals surface area contributed by atoms with Crippen LogP contribution >= 0.6 is 0 Å². The van der Waals surface area contributed by atoms with Gasteiger partial charge < -0.3 is 9.16 Å². The maximum atomic E-state index is 12.1. The van der Waals surface area contributed by atoms with Crippen molar-refractivity contribution in [3.05, 3.63) is 0 Å². The van der Waals surface area contributed by atoms with E-state index >= 15 is 0 Å². The Bertz CT molecular complexity index is 333. The summed E-state index contributed by atoms with van der Waals surface area (Å²) in [6.45, 7) is 15.8. The molecule has 3 nitrogen and oxygen atoms in total. The number of hydrogen-bond acceptors (Lipinski definition) is 3. The average Bonchev–Trinajstić information content (AvgIpc) is 2.30. The molecule has 0 amide bonds. The first kappa shape index (κ1) is 17.7. The number of hydrogen-bond donors (Lipinski definition) is 0. The van der Waals surface area contributed by atoms with Crippen molar-refractivity contribution in [3.8, 4) is 0 Å². The minimum atomic E-state index is -1.75. The van der Waals surface area contributed by atoms with Crippen LogP contribution in [0.1, 0.15) is 53.9 Å². The van der Waals surface area contributed by atoms with Crippen LogP contribution in [0.15, 0.2) is 0 Å². The maximum absolute atomic E-state index is 12.1. The van der Waals surface area contributed by atoms with Gasteiger partial charge in [0.05, 0.1) is 12.5 Å². The number of esters is 1. The third-order valence-corrected chi connectivity index (χ3v) is 9.54. The normalized spacial score (nSPS) is 28.2. The van der Waals surface area contributed by atoms with Crippen molar-refractivity contribution in [2.75, 3.05) is 6.61 Å². The van der Waals surface area contributed by atoms with Gasteiger partial charge in [-0.15, -0.1) is 0 Å². The van der Waals surface area contributed by atoms with Crippen molar-refractivity contribution < 1.29 is 14.0 Å². The summed E-state index contributed by atoms with van der Waals surface area (Å²) in [5, 5.41) is 0.218. The van der Waals surface area contributed by atoms with Crippen molar-refractivity contribution in [2.24, 2.45) is 11.8 Å². The molecule has 0 aliphatic heterocycles. The highest BCUT2D eigenvalue weighted by atomic mass is 28.4. The van der Waals surface area contributed by atoms with E-state index in [1.807, 2.05) is 6.92 Å². The second-order valence-electron chi connectivity index (χ2n) is 7.65. The fraction of sp³-hybridized carbons (Fsp3) is 0.938. The van der Waals surface area contributed by atoms with Gasteiger partial charge in [-0.2, -0.15) is 0 Å². The Kier molecular flexibility index (Phi) is 5.85. The first-order valence-electron chi connectivity index (χ1n) is 7.93. The highest BCUT2D eigenvalue weighted by Crippen LogP contribution is 2.40. The molecule has 1 fully saturated rings. The molecule has 3 atom stereocenters. The molecule has 0 spiro atoms. The highest BCUT2D eigenvalue weighted by Gasteiger charge is 2.42. The third-order valence-electron chi connectivity index (χ3n) is 5.00. The third kappa shape index (κ3) is 4.32. The SMILES string of the molecule is CCOC(=O)[C@H]1C[C@H](O[Si](C)(C)C(C)(C)C)CC[C@@H]1C. The van der Waals surface area contributed by atoms with Crippen LogP contribution in [0.2, 0.25) is 18.1 Å². The fourth-order valence-electron chi connectivity index (χ4n) is 2.56. The monoisotopic (exact) mass is 300 g/mol. The minimum Gasteiger partial charge on any atom is -0.466 e. The fourth-order valence-corrected chi connectivity index (χ4v) is 3.96. The molecule has 0 saturated heterocycles. The van der Waals surface area contributed by atoms with Crippen LogP contribution in [0, 0.1) is 11.8 Å². The molecule has 4 heteroatoms. The van der Waals surface area contributed by atoms with Crippen molar-refractivity contribution in [1.82, 2.24) is 0 Å². The van der Waals surface area contributed by atoms with Gasteiger partial charge in [-0.25, -0.2) is 0 Å². The largest absolute Gasteiger partial charge is 0.466 e. The molecule has 118 valence electrons. The van der Waals surface area contributed by atoms with E-state index in [-0.39, 0.29) is 23.0 Å². The van der Waals surface area contributed by atoms with Crippen LogP contribution in [0.25, 0.3) is 0 Å². The second kappa shape index (κ2) is 6.61. The molecule has 1 rings (SSSR count). The average molecular weight is 301 g/mol. The van der Waals surface area contributed by atoms with Gasteiger partial charge in [0.15, 0.2) is 8.32 Å². The molecule has 0 radical (unpaired) electrons. The summed E-state index contributed by atoms with van der Waals surface area (Å²) >= 11 is 0. The number of carbonyl (C=O) groups excluding carboxylic acids is 1. The number of rotatable bonds is 4. The highest BCUT2D eigenvalue weighted by molar-refractivity contribution is 6.74. The summed E-state index contributed by atoms with van der Waals surface area (Å²) in [6.07, 6.45) is 3.18. The zero-order valence-electron chi connectivity index (χ0n) is 14.3. The first-order chi connectivity index (χ1) is 9.08. The van der Waals surface area contributed by atoms with E-state index in [4.69, 9.17) is 9.16 Å².